The standard InChI is InChI=1S/C10H19N3OS/c1-4-7(3)9(11)10-12-8(13-14-10)6-15-5-2/h7,9H,4-6,11H2,1-3H3/t7-,9-/m0/s1. The van der Waals surface area contributed by atoms with Gasteiger partial charge in [-0.3, -0.25) is 0 Å². The van der Waals surface area contributed by atoms with Crippen molar-refractivity contribution in [1.82, 2.24) is 10.1 Å². The van der Waals surface area contributed by atoms with E-state index in [2.05, 4.69) is 30.9 Å². The molecule has 0 saturated heterocycles. The fraction of sp³-hybridized carbons (Fsp3) is 0.800. The van der Waals surface area contributed by atoms with Crippen molar-refractivity contribution >= 4 is 11.8 Å². The predicted molar refractivity (Wildman–Crippen MR) is 62.5 cm³/mol. The zero-order chi connectivity index (χ0) is 11.3. The molecule has 0 spiro atoms. The third-order valence-corrected chi connectivity index (χ3v) is 3.33. The van der Waals surface area contributed by atoms with Crippen molar-refractivity contribution in [3.8, 4) is 0 Å². The molecule has 0 bridgehead atoms. The quantitative estimate of drug-likeness (QED) is 0.811. The molecule has 2 atom stereocenters. The molecule has 0 aliphatic rings. The van der Waals surface area contributed by atoms with Gasteiger partial charge in [-0.15, -0.1) is 0 Å². The first-order valence-corrected chi connectivity index (χ1v) is 6.50. The average molecular weight is 229 g/mol. The first-order chi connectivity index (χ1) is 7.19. The normalized spacial score (nSPS) is 15.2. The minimum Gasteiger partial charge on any atom is -0.338 e. The highest BCUT2D eigenvalue weighted by molar-refractivity contribution is 7.98. The molecule has 1 heterocycles. The van der Waals surface area contributed by atoms with Crippen molar-refractivity contribution in [2.45, 2.75) is 39.0 Å². The number of hydrogen-bond acceptors (Lipinski definition) is 5. The Kier molecular flexibility index (Phi) is 5.11. The Morgan fingerprint density at radius 3 is 2.80 bits per heavy atom. The van der Waals surface area contributed by atoms with E-state index in [0.717, 1.165) is 23.8 Å². The Hall–Kier alpha value is -0.550. The number of nitrogens with two attached hydrogens (primary N) is 1. The van der Waals surface area contributed by atoms with E-state index < -0.39 is 0 Å². The van der Waals surface area contributed by atoms with Crippen LogP contribution < -0.4 is 5.73 Å². The van der Waals surface area contributed by atoms with Gasteiger partial charge in [-0.05, 0) is 11.7 Å². The Labute approximate surface area is 95.0 Å². The van der Waals surface area contributed by atoms with Gasteiger partial charge in [0.25, 0.3) is 0 Å². The molecule has 0 aliphatic heterocycles. The topological polar surface area (TPSA) is 64.9 Å². The zero-order valence-electron chi connectivity index (χ0n) is 9.56. The number of thioether (sulfide) groups is 1. The summed E-state index contributed by atoms with van der Waals surface area (Å²) >= 11 is 1.77. The van der Waals surface area contributed by atoms with E-state index in [1.165, 1.54) is 0 Å². The van der Waals surface area contributed by atoms with Crippen LogP contribution in [0.4, 0.5) is 0 Å². The Morgan fingerprint density at radius 1 is 1.47 bits per heavy atom. The van der Waals surface area contributed by atoms with Gasteiger partial charge in [-0.2, -0.15) is 16.7 Å². The van der Waals surface area contributed by atoms with Crippen LogP contribution in [-0.2, 0) is 5.75 Å². The number of aromatic nitrogens is 2. The van der Waals surface area contributed by atoms with E-state index in [1.807, 2.05) is 0 Å². The van der Waals surface area contributed by atoms with E-state index in [0.29, 0.717) is 11.8 Å². The summed E-state index contributed by atoms with van der Waals surface area (Å²) in [6, 6.07) is -0.136. The molecule has 0 unspecified atom stereocenters. The van der Waals surface area contributed by atoms with Crippen LogP contribution in [0.1, 0.15) is 44.9 Å². The fourth-order valence-electron chi connectivity index (χ4n) is 1.15. The molecule has 5 heteroatoms. The number of hydrogen-bond donors (Lipinski definition) is 1. The van der Waals surface area contributed by atoms with E-state index in [1.54, 1.807) is 11.8 Å². The second kappa shape index (κ2) is 6.12. The molecular formula is C10H19N3OS. The summed E-state index contributed by atoms with van der Waals surface area (Å²) in [4.78, 5) is 4.29. The van der Waals surface area contributed by atoms with E-state index in [-0.39, 0.29) is 6.04 Å². The molecule has 0 fully saturated rings. The van der Waals surface area contributed by atoms with Gasteiger partial charge in [0.1, 0.15) is 0 Å². The van der Waals surface area contributed by atoms with E-state index in [4.69, 9.17) is 10.3 Å². The van der Waals surface area contributed by atoms with Crippen LogP contribution in [0.3, 0.4) is 0 Å². The van der Waals surface area contributed by atoms with Gasteiger partial charge in [0.2, 0.25) is 5.89 Å². The minimum absolute atomic E-state index is 0.136. The van der Waals surface area contributed by atoms with Gasteiger partial charge >= 0.3 is 0 Å². The summed E-state index contributed by atoms with van der Waals surface area (Å²) in [5.41, 5.74) is 5.99. The largest absolute Gasteiger partial charge is 0.338 e. The summed E-state index contributed by atoms with van der Waals surface area (Å²) in [6.45, 7) is 6.31. The minimum atomic E-state index is -0.136. The average Bonchev–Trinajstić information content (AvgIpc) is 2.72. The molecular weight excluding hydrogens is 210 g/mol. The molecule has 15 heavy (non-hydrogen) atoms. The van der Waals surface area contributed by atoms with Crippen LogP contribution in [0.2, 0.25) is 0 Å². The molecule has 86 valence electrons. The van der Waals surface area contributed by atoms with Gasteiger partial charge in [0.05, 0.1) is 11.8 Å². The number of rotatable bonds is 6. The van der Waals surface area contributed by atoms with Crippen LogP contribution in [0, 0.1) is 5.92 Å². The smallest absolute Gasteiger partial charge is 0.243 e. The van der Waals surface area contributed by atoms with E-state index >= 15 is 0 Å². The van der Waals surface area contributed by atoms with Gasteiger partial charge in [0, 0.05) is 0 Å². The lowest BCUT2D eigenvalue weighted by Gasteiger charge is -2.12. The first-order valence-electron chi connectivity index (χ1n) is 5.34. The van der Waals surface area contributed by atoms with E-state index in [9.17, 15) is 0 Å². The Bertz CT molecular complexity index is 290. The molecule has 1 aromatic rings. The molecule has 2 N–H and O–H groups in total. The maximum atomic E-state index is 5.99. The van der Waals surface area contributed by atoms with Gasteiger partial charge in [-0.1, -0.05) is 32.3 Å². The van der Waals surface area contributed by atoms with Crippen molar-refractivity contribution < 1.29 is 4.52 Å². The molecule has 1 rings (SSSR count). The highest BCUT2D eigenvalue weighted by Crippen LogP contribution is 2.20. The third kappa shape index (κ3) is 3.50. The lowest BCUT2D eigenvalue weighted by molar-refractivity contribution is 0.311. The molecule has 0 aromatic carbocycles. The molecule has 1 aromatic heterocycles. The summed E-state index contributed by atoms with van der Waals surface area (Å²) < 4.78 is 5.15. The van der Waals surface area contributed by atoms with Crippen LogP contribution in [-0.4, -0.2) is 15.9 Å². The summed E-state index contributed by atoms with van der Waals surface area (Å²) in [6.07, 6.45) is 1.02. The third-order valence-electron chi connectivity index (χ3n) is 2.46. The van der Waals surface area contributed by atoms with Crippen molar-refractivity contribution in [3.63, 3.8) is 0 Å². The van der Waals surface area contributed by atoms with Gasteiger partial charge < -0.3 is 10.3 Å². The van der Waals surface area contributed by atoms with Crippen molar-refractivity contribution in [3.05, 3.63) is 11.7 Å². The van der Waals surface area contributed by atoms with Crippen LogP contribution >= 0.6 is 11.8 Å². The fourth-order valence-corrected chi connectivity index (χ4v) is 1.66. The molecule has 0 amide bonds. The zero-order valence-corrected chi connectivity index (χ0v) is 10.4. The second-order valence-corrected chi connectivity index (χ2v) is 4.87. The maximum absolute atomic E-state index is 5.99. The monoisotopic (exact) mass is 229 g/mol. The molecule has 0 aliphatic carbocycles. The van der Waals surface area contributed by atoms with Crippen LogP contribution in [0.15, 0.2) is 4.52 Å². The van der Waals surface area contributed by atoms with Crippen molar-refractivity contribution in [2.24, 2.45) is 11.7 Å². The first kappa shape index (κ1) is 12.5. The SMILES string of the molecule is CCSCc1noc([C@@H](N)[C@@H](C)CC)n1. The molecule has 0 radical (unpaired) electrons. The Balaban J connectivity index is 2.58. The summed E-state index contributed by atoms with van der Waals surface area (Å²) in [7, 11) is 0. The summed E-state index contributed by atoms with van der Waals surface area (Å²) in [5, 5.41) is 3.90. The lowest BCUT2D eigenvalue weighted by atomic mass is 10.0. The van der Waals surface area contributed by atoms with Gasteiger partial charge in [0.15, 0.2) is 5.82 Å². The highest BCUT2D eigenvalue weighted by atomic mass is 32.2. The Morgan fingerprint density at radius 2 is 2.20 bits per heavy atom. The van der Waals surface area contributed by atoms with Crippen molar-refractivity contribution in [1.29, 1.82) is 0 Å². The van der Waals surface area contributed by atoms with Gasteiger partial charge in [-0.25, -0.2) is 0 Å². The molecule has 0 saturated carbocycles. The second-order valence-electron chi connectivity index (χ2n) is 3.60. The number of nitrogens with zero attached hydrogens (tertiary/aromatic N) is 2. The summed E-state index contributed by atoms with van der Waals surface area (Å²) in [5.74, 6) is 3.54. The van der Waals surface area contributed by atoms with Crippen LogP contribution in [0.5, 0.6) is 0 Å². The molecule has 4 nitrogen and oxygen atoms in total. The lowest BCUT2D eigenvalue weighted by Crippen LogP contribution is -2.18. The predicted octanol–water partition coefficient (Wildman–Crippen LogP) is 2.37. The van der Waals surface area contributed by atoms with Crippen LogP contribution in [0.25, 0.3) is 0 Å². The van der Waals surface area contributed by atoms with Crippen molar-refractivity contribution in [2.75, 3.05) is 5.75 Å². The highest BCUT2D eigenvalue weighted by Gasteiger charge is 2.19. The maximum Gasteiger partial charge on any atom is 0.243 e.